The predicted molar refractivity (Wildman–Crippen MR) is 101 cm³/mol. The second-order valence-corrected chi connectivity index (χ2v) is 5.72. The Morgan fingerprint density at radius 3 is 2.37 bits per heavy atom. The van der Waals surface area contributed by atoms with E-state index in [1.54, 1.807) is 24.4 Å². The standard InChI is InChI=1S/C21H13N5O/c22-14-19-20(10-6-12-24-19)26-21(27)16(15-7-2-1-3-8-15)13-18(25-26)17-9-4-5-11-23-17/h1-13H. The first kappa shape index (κ1) is 16.4. The van der Waals surface area contributed by atoms with Crippen molar-refractivity contribution in [2.75, 3.05) is 0 Å². The van der Waals surface area contributed by atoms with Crippen molar-refractivity contribution < 1.29 is 0 Å². The van der Waals surface area contributed by atoms with E-state index in [0.717, 1.165) is 5.56 Å². The fourth-order valence-corrected chi connectivity index (χ4v) is 2.78. The van der Waals surface area contributed by atoms with Crippen LogP contribution in [0.5, 0.6) is 0 Å². The fourth-order valence-electron chi connectivity index (χ4n) is 2.78. The maximum atomic E-state index is 13.2. The van der Waals surface area contributed by atoms with Crippen LogP contribution in [0.2, 0.25) is 0 Å². The molecule has 0 aliphatic rings. The van der Waals surface area contributed by atoms with Gasteiger partial charge in [0.05, 0.1) is 11.3 Å². The molecule has 0 saturated heterocycles. The van der Waals surface area contributed by atoms with Crippen molar-refractivity contribution in [3.05, 3.63) is 95.2 Å². The summed E-state index contributed by atoms with van der Waals surface area (Å²) in [6.45, 7) is 0. The zero-order chi connectivity index (χ0) is 18.6. The molecule has 128 valence electrons. The summed E-state index contributed by atoms with van der Waals surface area (Å²) in [4.78, 5) is 21.5. The molecule has 0 N–H and O–H groups in total. The first-order valence-corrected chi connectivity index (χ1v) is 8.24. The van der Waals surface area contributed by atoms with Crippen molar-refractivity contribution in [1.82, 2.24) is 19.7 Å². The van der Waals surface area contributed by atoms with Crippen LogP contribution < -0.4 is 5.56 Å². The highest BCUT2D eigenvalue weighted by atomic mass is 16.1. The first-order valence-electron chi connectivity index (χ1n) is 8.24. The molecule has 0 spiro atoms. The van der Waals surface area contributed by atoms with Gasteiger partial charge in [-0.15, -0.1) is 0 Å². The molecule has 0 aliphatic heterocycles. The van der Waals surface area contributed by atoms with E-state index in [4.69, 9.17) is 0 Å². The van der Waals surface area contributed by atoms with Crippen molar-refractivity contribution in [2.45, 2.75) is 0 Å². The van der Waals surface area contributed by atoms with Crippen LogP contribution in [0.3, 0.4) is 0 Å². The molecule has 4 aromatic rings. The molecule has 0 aliphatic carbocycles. The van der Waals surface area contributed by atoms with Crippen molar-refractivity contribution in [3.8, 4) is 34.3 Å². The van der Waals surface area contributed by atoms with Gasteiger partial charge in [0, 0.05) is 12.4 Å². The molecule has 0 radical (unpaired) electrons. The minimum absolute atomic E-state index is 0.129. The summed E-state index contributed by atoms with van der Waals surface area (Å²) in [6.07, 6.45) is 3.17. The van der Waals surface area contributed by atoms with Crippen molar-refractivity contribution in [3.63, 3.8) is 0 Å². The Labute approximate surface area is 155 Å². The molecule has 0 saturated carbocycles. The van der Waals surface area contributed by atoms with Gasteiger partial charge in [-0.3, -0.25) is 9.78 Å². The third kappa shape index (κ3) is 3.10. The zero-order valence-electron chi connectivity index (χ0n) is 14.1. The Hall–Kier alpha value is -4.11. The Morgan fingerprint density at radius 2 is 1.63 bits per heavy atom. The lowest BCUT2D eigenvalue weighted by atomic mass is 10.1. The van der Waals surface area contributed by atoms with Gasteiger partial charge in [0.25, 0.3) is 5.56 Å². The second kappa shape index (κ2) is 7.02. The van der Waals surface area contributed by atoms with Crippen LogP contribution in [0.4, 0.5) is 0 Å². The Balaban J connectivity index is 2.04. The van der Waals surface area contributed by atoms with Crippen LogP contribution in [-0.2, 0) is 0 Å². The van der Waals surface area contributed by atoms with Crippen LogP contribution in [0.1, 0.15) is 5.69 Å². The number of benzene rings is 1. The summed E-state index contributed by atoms with van der Waals surface area (Å²) in [6, 6.07) is 21.9. The van der Waals surface area contributed by atoms with Gasteiger partial charge < -0.3 is 0 Å². The predicted octanol–water partition coefficient (Wildman–Crippen LogP) is 3.23. The molecular formula is C21H13N5O. The number of hydrogen-bond donors (Lipinski definition) is 0. The topological polar surface area (TPSA) is 84.5 Å². The largest absolute Gasteiger partial charge is 0.279 e. The van der Waals surface area contributed by atoms with Crippen LogP contribution in [0, 0.1) is 11.3 Å². The molecule has 0 fully saturated rings. The van der Waals surface area contributed by atoms with Crippen LogP contribution in [0.25, 0.3) is 28.2 Å². The molecular weight excluding hydrogens is 338 g/mol. The average molecular weight is 351 g/mol. The monoisotopic (exact) mass is 351 g/mol. The van der Waals surface area contributed by atoms with E-state index in [2.05, 4.69) is 15.1 Å². The van der Waals surface area contributed by atoms with Gasteiger partial charge in [0.15, 0.2) is 5.69 Å². The molecule has 0 bridgehead atoms. The smallest absolute Gasteiger partial charge is 0.267 e. The Kier molecular flexibility index (Phi) is 4.25. The first-order chi connectivity index (χ1) is 13.3. The molecule has 1 aromatic carbocycles. The minimum atomic E-state index is -0.328. The lowest BCUT2D eigenvalue weighted by Crippen LogP contribution is -2.24. The number of rotatable bonds is 3. The minimum Gasteiger partial charge on any atom is -0.267 e. The summed E-state index contributed by atoms with van der Waals surface area (Å²) < 4.78 is 1.22. The molecule has 3 aromatic heterocycles. The Bertz CT molecular complexity index is 1190. The van der Waals surface area contributed by atoms with E-state index in [9.17, 15) is 10.1 Å². The number of pyridine rings is 2. The Morgan fingerprint density at radius 1 is 0.852 bits per heavy atom. The van der Waals surface area contributed by atoms with Gasteiger partial charge >= 0.3 is 0 Å². The van der Waals surface area contributed by atoms with Crippen molar-refractivity contribution in [2.24, 2.45) is 0 Å². The van der Waals surface area contributed by atoms with Gasteiger partial charge in [-0.1, -0.05) is 36.4 Å². The number of hydrogen-bond acceptors (Lipinski definition) is 5. The lowest BCUT2D eigenvalue weighted by Gasteiger charge is -2.11. The zero-order valence-corrected chi connectivity index (χ0v) is 14.1. The molecule has 0 amide bonds. The highest BCUT2D eigenvalue weighted by Gasteiger charge is 2.16. The third-order valence-corrected chi connectivity index (χ3v) is 4.04. The molecule has 6 nitrogen and oxygen atoms in total. The summed E-state index contributed by atoms with van der Waals surface area (Å²) in [5, 5.41) is 13.8. The van der Waals surface area contributed by atoms with Gasteiger partial charge in [-0.05, 0) is 35.9 Å². The van der Waals surface area contributed by atoms with Crippen LogP contribution in [-0.4, -0.2) is 19.7 Å². The van der Waals surface area contributed by atoms with Crippen LogP contribution >= 0.6 is 0 Å². The van der Waals surface area contributed by atoms with E-state index in [0.29, 0.717) is 22.6 Å². The van der Waals surface area contributed by atoms with E-state index >= 15 is 0 Å². The summed E-state index contributed by atoms with van der Waals surface area (Å²) in [7, 11) is 0. The summed E-state index contributed by atoms with van der Waals surface area (Å²) >= 11 is 0. The van der Waals surface area contributed by atoms with Crippen molar-refractivity contribution >= 4 is 0 Å². The van der Waals surface area contributed by atoms with Gasteiger partial charge in [-0.2, -0.15) is 15.0 Å². The average Bonchev–Trinajstić information content (AvgIpc) is 2.75. The lowest BCUT2D eigenvalue weighted by molar-refractivity contribution is 0.805. The quantitative estimate of drug-likeness (QED) is 0.566. The normalized spacial score (nSPS) is 10.3. The highest BCUT2D eigenvalue weighted by molar-refractivity contribution is 5.68. The van der Waals surface area contributed by atoms with Gasteiger partial charge in [0.2, 0.25) is 0 Å². The molecule has 4 rings (SSSR count). The third-order valence-electron chi connectivity index (χ3n) is 4.04. The number of aromatic nitrogens is 4. The van der Waals surface area contributed by atoms with Crippen molar-refractivity contribution in [1.29, 1.82) is 5.26 Å². The van der Waals surface area contributed by atoms with Crippen LogP contribution in [0.15, 0.2) is 83.9 Å². The van der Waals surface area contributed by atoms with Gasteiger partial charge in [0.1, 0.15) is 17.5 Å². The molecule has 27 heavy (non-hydrogen) atoms. The molecule has 6 heteroatoms. The molecule has 0 unspecified atom stereocenters. The van der Waals surface area contributed by atoms with E-state index < -0.39 is 0 Å². The van der Waals surface area contributed by atoms with E-state index in [-0.39, 0.29) is 11.3 Å². The van der Waals surface area contributed by atoms with E-state index in [1.807, 2.05) is 54.6 Å². The maximum Gasteiger partial charge on any atom is 0.279 e. The molecule has 3 heterocycles. The maximum absolute atomic E-state index is 13.2. The van der Waals surface area contributed by atoms with Gasteiger partial charge in [-0.25, -0.2) is 4.98 Å². The fraction of sp³-hybridized carbons (Fsp3) is 0. The van der Waals surface area contributed by atoms with E-state index in [1.165, 1.54) is 10.9 Å². The SMILES string of the molecule is N#Cc1ncccc1-n1nc(-c2ccccn2)cc(-c2ccccc2)c1=O. The number of nitrogens with zero attached hydrogens (tertiary/aromatic N) is 5. The summed E-state index contributed by atoms with van der Waals surface area (Å²) in [5.74, 6) is 0. The summed E-state index contributed by atoms with van der Waals surface area (Å²) in [5.41, 5.74) is 2.53. The number of nitriles is 1. The molecule has 0 atom stereocenters. The second-order valence-electron chi connectivity index (χ2n) is 5.72. The highest BCUT2D eigenvalue weighted by Crippen LogP contribution is 2.22.